The summed E-state index contributed by atoms with van der Waals surface area (Å²) in [5.74, 6) is 1.03. The highest BCUT2D eigenvalue weighted by atomic mass is 35.5. The van der Waals surface area contributed by atoms with Gasteiger partial charge in [-0.3, -0.25) is 0 Å². The molecule has 0 bridgehead atoms. The molecule has 1 aromatic heterocycles. The highest BCUT2D eigenvalue weighted by Gasteiger charge is 2.17. The fourth-order valence-electron chi connectivity index (χ4n) is 2.60. The number of ether oxygens (including phenoxy) is 1. The average Bonchev–Trinajstić information content (AvgIpc) is 3.06. The first kappa shape index (κ1) is 13.9. The molecular weight excluding hydrogens is 290 g/mol. The van der Waals surface area contributed by atoms with E-state index >= 15 is 0 Å². The van der Waals surface area contributed by atoms with E-state index in [1.807, 2.05) is 12.1 Å². The molecule has 1 aliphatic heterocycles. The molecule has 20 heavy (non-hydrogen) atoms. The lowest BCUT2D eigenvalue weighted by Gasteiger charge is -2.15. The molecule has 4 heteroatoms. The van der Waals surface area contributed by atoms with Gasteiger partial charge in [-0.2, -0.15) is 11.3 Å². The molecule has 0 saturated carbocycles. The first-order valence-corrected chi connectivity index (χ1v) is 8.23. The van der Waals surface area contributed by atoms with Gasteiger partial charge in [-0.25, -0.2) is 0 Å². The van der Waals surface area contributed by atoms with Gasteiger partial charge in [-0.15, -0.1) is 0 Å². The van der Waals surface area contributed by atoms with Crippen molar-refractivity contribution in [3.63, 3.8) is 0 Å². The van der Waals surface area contributed by atoms with Crippen LogP contribution in [-0.2, 0) is 19.4 Å². The van der Waals surface area contributed by atoms with Crippen molar-refractivity contribution in [1.82, 2.24) is 5.32 Å². The second kappa shape index (κ2) is 6.17. The topological polar surface area (TPSA) is 21.3 Å². The Bertz CT molecular complexity index is 582. The largest absolute Gasteiger partial charge is 0.493 e. The van der Waals surface area contributed by atoms with Gasteiger partial charge in [0.15, 0.2) is 0 Å². The SMILES string of the molecule is CC(Cc1ccsc1)NCc1cc(Cl)cc2c1OCC2. The van der Waals surface area contributed by atoms with Crippen LogP contribution in [0.3, 0.4) is 0 Å². The summed E-state index contributed by atoms with van der Waals surface area (Å²) in [5.41, 5.74) is 3.80. The summed E-state index contributed by atoms with van der Waals surface area (Å²) >= 11 is 7.93. The Morgan fingerprint density at radius 1 is 1.45 bits per heavy atom. The van der Waals surface area contributed by atoms with E-state index in [2.05, 4.69) is 29.1 Å². The van der Waals surface area contributed by atoms with Gasteiger partial charge >= 0.3 is 0 Å². The van der Waals surface area contributed by atoms with Crippen molar-refractivity contribution in [2.45, 2.75) is 32.4 Å². The van der Waals surface area contributed by atoms with E-state index in [1.54, 1.807) is 11.3 Å². The predicted octanol–water partition coefficient (Wildman–Crippen LogP) is 4.06. The van der Waals surface area contributed by atoms with Crippen LogP contribution < -0.4 is 10.1 Å². The van der Waals surface area contributed by atoms with Crippen molar-refractivity contribution >= 4 is 22.9 Å². The van der Waals surface area contributed by atoms with Gasteiger partial charge in [0.05, 0.1) is 6.61 Å². The minimum atomic E-state index is 0.431. The molecule has 0 fully saturated rings. The Morgan fingerprint density at radius 3 is 3.15 bits per heavy atom. The molecular formula is C16H18ClNOS. The van der Waals surface area contributed by atoms with Gasteiger partial charge < -0.3 is 10.1 Å². The minimum Gasteiger partial charge on any atom is -0.493 e. The molecule has 2 heterocycles. The molecule has 0 radical (unpaired) electrons. The molecule has 3 rings (SSSR count). The molecule has 2 nitrogen and oxygen atoms in total. The highest BCUT2D eigenvalue weighted by molar-refractivity contribution is 7.07. The molecule has 2 aromatic rings. The Hall–Kier alpha value is -1.03. The zero-order valence-electron chi connectivity index (χ0n) is 11.5. The van der Waals surface area contributed by atoms with Crippen molar-refractivity contribution in [3.8, 4) is 5.75 Å². The van der Waals surface area contributed by atoms with E-state index in [0.717, 1.165) is 36.8 Å². The summed E-state index contributed by atoms with van der Waals surface area (Å²) in [5, 5.41) is 8.69. The van der Waals surface area contributed by atoms with Gasteiger partial charge in [0, 0.05) is 29.6 Å². The van der Waals surface area contributed by atoms with Crippen molar-refractivity contribution in [1.29, 1.82) is 0 Å². The number of hydrogen-bond donors (Lipinski definition) is 1. The van der Waals surface area contributed by atoms with Crippen LogP contribution >= 0.6 is 22.9 Å². The minimum absolute atomic E-state index is 0.431. The number of fused-ring (bicyclic) bond motifs is 1. The second-order valence-electron chi connectivity index (χ2n) is 5.27. The summed E-state index contributed by atoms with van der Waals surface area (Å²) < 4.78 is 5.73. The lowest BCUT2D eigenvalue weighted by molar-refractivity contribution is 0.351. The molecule has 1 aromatic carbocycles. The van der Waals surface area contributed by atoms with Gasteiger partial charge in [0.1, 0.15) is 5.75 Å². The Balaban J connectivity index is 1.64. The standard InChI is InChI=1S/C16H18ClNOS/c1-11(6-12-3-5-20-10-12)18-9-14-8-15(17)7-13-2-4-19-16(13)14/h3,5,7-8,10-11,18H,2,4,6,9H2,1H3. The van der Waals surface area contributed by atoms with E-state index in [-0.39, 0.29) is 0 Å². The Morgan fingerprint density at radius 2 is 2.35 bits per heavy atom. The Kier molecular flexibility index (Phi) is 4.29. The molecule has 1 N–H and O–H groups in total. The van der Waals surface area contributed by atoms with Gasteiger partial charge in [0.25, 0.3) is 0 Å². The quantitative estimate of drug-likeness (QED) is 0.899. The molecule has 1 unspecified atom stereocenters. The maximum atomic E-state index is 6.18. The van der Waals surface area contributed by atoms with E-state index in [9.17, 15) is 0 Å². The van der Waals surface area contributed by atoms with E-state index in [1.165, 1.54) is 16.7 Å². The van der Waals surface area contributed by atoms with Crippen molar-refractivity contribution in [2.24, 2.45) is 0 Å². The number of hydrogen-bond acceptors (Lipinski definition) is 3. The summed E-state index contributed by atoms with van der Waals surface area (Å²) in [4.78, 5) is 0. The zero-order chi connectivity index (χ0) is 13.9. The Labute approximate surface area is 128 Å². The number of nitrogens with one attached hydrogen (secondary N) is 1. The van der Waals surface area contributed by atoms with Gasteiger partial charge in [-0.1, -0.05) is 11.6 Å². The summed E-state index contributed by atoms with van der Waals surface area (Å²) in [6, 6.07) is 6.64. The first-order chi connectivity index (χ1) is 9.72. The summed E-state index contributed by atoms with van der Waals surface area (Å²) in [6.07, 6.45) is 2.01. The van der Waals surface area contributed by atoms with E-state index in [4.69, 9.17) is 16.3 Å². The van der Waals surface area contributed by atoms with Crippen LogP contribution in [0.2, 0.25) is 5.02 Å². The molecule has 0 amide bonds. The second-order valence-corrected chi connectivity index (χ2v) is 6.49. The molecule has 1 atom stereocenters. The van der Waals surface area contributed by atoms with Crippen LogP contribution in [0.25, 0.3) is 0 Å². The first-order valence-electron chi connectivity index (χ1n) is 6.91. The van der Waals surface area contributed by atoms with Crippen molar-refractivity contribution in [3.05, 3.63) is 50.7 Å². The number of benzene rings is 1. The van der Waals surface area contributed by atoms with E-state index < -0.39 is 0 Å². The van der Waals surface area contributed by atoms with Gasteiger partial charge in [-0.05, 0) is 53.4 Å². The third-order valence-corrected chi connectivity index (χ3v) is 4.54. The smallest absolute Gasteiger partial charge is 0.127 e. The van der Waals surface area contributed by atoms with Crippen molar-refractivity contribution in [2.75, 3.05) is 6.61 Å². The van der Waals surface area contributed by atoms with Crippen LogP contribution in [0.15, 0.2) is 29.0 Å². The molecule has 0 spiro atoms. The normalized spacial score (nSPS) is 14.9. The predicted molar refractivity (Wildman–Crippen MR) is 85.0 cm³/mol. The molecule has 0 saturated heterocycles. The number of rotatable bonds is 5. The van der Waals surface area contributed by atoms with Crippen LogP contribution in [0.5, 0.6) is 5.75 Å². The lowest BCUT2D eigenvalue weighted by Crippen LogP contribution is -2.27. The fraction of sp³-hybridized carbons (Fsp3) is 0.375. The fourth-order valence-corrected chi connectivity index (χ4v) is 3.54. The number of thiophene rings is 1. The van der Waals surface area contributed by atoms with Crippen LogP contribution in [-0.4, -0.2) is 12.6 Å². The molecule has 106 valence electrons. The van der Waals surface area contributed by atoms with Crippen LogP contribution in [0.1, 0.15) is 23.6 Å². The monoisotopic (exact) mass is 307 g/mol. The lowest BCUT2D eigenvalue weighted by atomic mass is 10.1. The average molecular weight is 308 g/mol. The van der Waals surface area contributed by atoms with Crippen LogP contribution in [0.4, 0.5) is 0 Å². The summed E-state index contributed by atoms with van der Waals surface area (Å²) in [7, 11) is 0. The van der Waals surface area contributed by atoms with Crippen LogP contribution in [0, 0.1) is 0 Å². The van der Waals surface area contributed by atoms with E-state index in [0.29, 0.717) is 6.04 Å². The summed E-state index contributed by atoms with van der Waals surface area (Å²) in [6.45, 7) is 3.78. The van der Waals surface area contributed by atoms with Crippen molar-refractivity contribution < 1.29 is 4.74 Å². The molecule has 0 aliphatic carbocycles. The maximum Gasteiger partial charge on any atom is 0.127 e. The molecule has 1 aliphatic rings. The zero-order valence-corrected chi connectivity index (χ0v) is 13.1. The third kappa shape index (κ3) is 3.17. The maximum absolute atomic E-state index is 6.18. The van der Waals surface area contributed by atoms with Gasteiger partial charge in [0.2, 0.25) is 0 Å². The highest BCUT2D eigenvalue weighted by Crippen LogP contribution is 2.32. The third-order valence-electron chi connectivity index (χ3n) is 3.59. The number of halogens is 1.